The van der Waals surface area contributed by atoms with Gasteiger partial charge in [-0.3, -0.25) is 10.9 Å². The molecule has 4 aromatic rings. The van der Waals surface area contributed by atoms with Crippen LogP contribution in [0.25, 0.3) is 10.8 Å². The van der Waals surface area contributed by atoms with Crippen LogP contribution < -0.4 is 29.8 Å². The van der Waals surface area contributed by atoms with Gasteiger partial charge in [-0.15, -0.1) is 10.2 Å². The first kappa shape index (κ1) is 24.3. The van der Waals surface area contributed by atoms with E-state index in [0.717, 1.165) is 21.9 Å². The fraction of sp³-hybridized carbons (Fsp3) is 0.154. The van der Waals surface area contributed by atoms with Crippen molar-refractivity contribution in [1.82, 2.24) is 10.2 Å². The zero-order chi connectivity index (χ0) is 25.3. The quantitative estimate of drug-likeness (QED) is 0.248. The van der Waals surface area contributed by atoms with E-state index in [1.54, 1.807) is 40.9 Å². The maximum absolute atomic E-state index is 5.44. The standard InChI is InChI=1S/C26H26N6O4/c1-33-21-13-7-9-17(23(21)35-3)15-27-29-25-19-11-5-6-12-20(19)26(32-31-25)30-28-16-18-10-8-14-22(34-2)24(18)36-4/h5-16H,1-4H3,(H,29,31)(H,30,32)/b27-15-,28-16-. The van der Waals surface area contributed by atoms with Gasteiger partial charge in [0, 0.05) is 21.9 Å². The Labute approximate surface area is 208 Å². The number of methoxy groups -OCH3 is 4. The minimum absolute atomic E-state index is 0.493. The predicted molar refractivity (Wildman–Crippen MR) is 141 cm³/mol. The molecule has 1 heterocycles. The summed E-state index contributed by atoms with van der Waals surface area (Å²) in [5, 5.41) is 18.9. The fourth-order valence-electron chi connectivity index (χ4n) is 3.62. The Morgan fingerprint density at radius 3 is 1.42 bits per heavy atom. The van der Waals surface area contributed by atoms with Crippen LogP contribution in [0.1, 0.15) is 11.1 Å². The minimum Gasteiger partial charge on any atom is -0.493 e. The highest BCUT2D eigenvalue weighted by Gasteiger charge is 2.11. The first-order chi connectivity index (χ1) is 17.7. The van der Waals surface area contributed by atoms with E-state index in [4.69, 9.17) is 18.9 Å². The van der Waals surface area contributed by atoms with Gasteiger partial charge in [0.1, 0.15) is 0 Å². The Morgan fingerprint density at radius 1 is 0.583 bits per heavy atom. The van der Waals surface area contributed by atoms with Gasteiger partial charge in [0.2, 0.25) is 0 Å². The van der Waals surface area contributed by atoms with Gasteiger partial charge in [0.25, 0.3) is 0 Å². The van der Waals surface area contributed by atoms with E-state index in [-0.39, 0.29) is 0 Å². The molecule has 0 saturated heterocycles. The first-order valence-corrected chi connectivity index (χ1v) is 11.0. The third kappa shape index (κ3) is 5.12. The summed E-state index contributed by atoms with van der Waals surface area (Å²) in [5.74, 6) is 3.40. The van der Waals surface area contributed by atoms with Gasteiger partial charge in [-0.25, -0.2) is 0 Å². The average molecular weight is 487 g/mol. The molecule has 0 radical (unpaired) electrons. The van der Waals surface area contributed by atoms with Crippen LogP contribution >= 0.6 is 0 Å². The Morgan fingerprint density at radius 2 is 1.03 bits per heavy atom. The second-order valence-electron chi connectivity index (χ2n) is 7.35. The molecule has 0 aliphatic heterocycles. The maximum atomic E-state index is 5.44. The largest absolute Gasteiger partial charge is 0.493 e. The molecule has 0 saturated carbocycles. The Hall–Kier alpha value is -4.86. The summed E-state index contributed by atoms with van der Waals surface area (Å²) in [5.41, 5.74) is 7.43. The van der Waals surface area contributed by atoms with Gasteiger partial charge in [-0.2, -0.15) is 10.2 Å². The van der Waals surface area contributed by atoms with Crippen molar-refractivity contribution in [2.24, 2.45) is 10.2 Å². The number of hydrogen-bond acceptors (Lipinski definition) is 10. The summed E-state index contributed by atoms with van der Waals surface area (Å²) in [6.45, 7) is 0. The fourth-order valence-corrected chi connectivity index (χ4v) is 3.62. The predicted octanol–water partition coefficient (Wildman–Crippen LogP) is 4.56. The summed E-state index contributed by atoms with van der Waals surface area (Å²) >= 11 is 0. The number of benzene rings is 3. The van der Waals surface area contributed by atoms with Gasteiger partial charge in [0.05, 0.1) is 40.9 Å². The first-order valence-electron chi connectivity index (χ1n) is 11.0. The molecule has 0 fully saturated rings. The smallest absolute Gasteiger partial charge is 0.176 e. The minimum atomic E-state index is 0.493. The number of nitrogens with zero attached hydrogens (tertiary/aromatic N) is 4. The van der Waals surface area contributed by atoms with E-state index in [1.807, 2.05) is 60.7 Å². The van der Waals surface area contributed by atoms with Crippen molar-refractivity contribution >= 4 is 34.8 Å². The number of anilines is 2. The lowest BCUT2D eigenvalue weighted by Crippen LogP contribution is -2.02. The van der Waals surface area contributed by atoms with Gasteiger partial charge < -0.3 is 18.9 Å². The molecule has 0 amide bonds. The van der Waals surface area contributed by atoms with Crippen molar-refractivity contribution in [2.75, 3.05) is 39.3 Å². The molecule has 2 N–H and O–H groups in total. The normalized spacial score (nSPS) is 11.1. The highest BCUT2D eigenvalue weighted by Crippen LogP contribution is 2.31. The molecule has 10 nitrogen and oxygen atoms in total. The number of nitrogens with one attached hydrogen (secondary N) is 2. The third-order valence-corrected chi connectivity index (χ3v) is 5.30. The van der Waals surface area contributed by atoms with E-state index in [1.165, 1.54) is 0 Å². The molecular weight excluding hydrogens is 460 g/mol. The van der Waals surface area contributed by atoms with Crippen LogP contribution in [0.5, 0.6) is 23.0 Å². The van der Waals surface area contributed by atoms with Gasteiger partial charge in [0.15, 0.2) is 34.6 Å². The summed E-state index contributed by atoms with van der Waals surface area (Å²) < 4.78 is 21.6. The summed E-state index contributed by atoms with van der Waals surface area (Å²) in [4.78, 5) is 0. The number of fused-ring (bicyclic) bond motifs is 1. The number of para-hydroxylation sites is 2. The topological polar surface area (TPSA) is 111 Å². The molecule has 1 aromatic heterocycles. The van der Waals surface area contributed by atoms with Crippen molar-refractivity contribution in [3.63, 3.8) is 0 Å². The van der Waals surface area contributed by atoms with E-state index in [0.29, 0.717) is 34.6 Å². The molecule has 0 aliphatic rings. The van der Waals surface area contributed by atoms with E-state index in [9.17, 15) is 0 Å². The number of rotatable bonds is 10. The van der Waals surface area contributed by atoms with Gasteiger partial charge >= 0.3 is 0 Å². The lowest BCUT2D eigenvalue weighted by molar-refractivity contribution is 0.354. The molecule has 184 valence electrons. The number of ether oxygens (including phenoxy) is 4. The second-order valence-corrected chi connectivity index (χ2v) is 7.35. The second kappa shape index (κ2) is 11.5. The van der Waals surface area contributed by atoms with Crippen molar-refractivity contribution < 1.29 is 18.9 Å². The Bertz CT molecular complexity index is 1300. The summed E-state index contributed by atoms with van der Waals surface area (Å²) in [6.07, 6.45) is 3.27. The summed E-state index contributed by atoms with van der Waals surface area (Å²) in [7, 11) is 6.34. The Balaban J connectivity index is 1.56. The number of aromatic nitrogens is 2. The van der Waals surface area contributed by atoms with Crippen molar-refractivity contribution in [3.05, 3.63) is 71.8 Å². The number of hydrazone groups is 2. The van der Waals surface area contributed by atoms with Crippen LogP contribution in [0.3, 0.4) is 0 Å². The molecular formula is C26H26N6O4. The number of hydrogen-bond donors (Lipinski definition) is 2. The van der Waals surface area contributed by atoms with E-state index >= 15 is 0 Å². The molecule has 36 heavy (non-hydrogen) atoms. The molecule has 4 rings (SSSR count). The third-order valence-electron chi connectivity index (χ3n) is 5.30. The van der Waals surface area contributed by atoms with Crippen LogP contribution in [-0.2, 0) is 0 Å². The van der Waals surface area contributed by atoms with Crippen LogP contribution in [0.15, 0.2) is 70.9 Å². The van der Waals surface area contributed by atoms with Crippen LogP contribution in [0.2, 0.25) is 0 Å². The van der Waals surface area contributed by atoms with Crippen molar-refractivity contribution in [2.45, 2.75) is 0 Å². The highest BCUT2D eigenvalue weighted by atomic mass is 16.5. The molecule has 3 aromatic carbocycles. The molecule has 0 atom stereocenters. The molecule has 0 aliphatic carbocycles. The lowest BCUT2D eigenvalue weighted by Gasteiger charge is -2.10. The van der Waals surface area contributed by atoms with Gasteiger partial charge in [-0.1, -0.05) is 36.4 Å². The monoisotopic (exact) mass is 486 g/mol. The van der Waals surface area contributed by atoms with Crippen LogP contribution in [-0.4, -0.2) is 51.1 Å². The van der Waals surface area contributed by atoms with E-state index < -0.39 is 0 Å². The molecule has 0 spiro atoms. The SMILES string of the molecule is COc1cccc(/C=N\Nc2nnc(N/N=C\c3cccc(OC)c3OC)c3ccccc23)c1OC. The van der Waals surface area contributed by atoms with Crippen LogP contribution in [0.4, 0.5) is 11.6 Å². The maximum Gasteiger partial charge on any atom is 0.176 e. The van der Waals surface area contributed by atoms with Crippen molar-refractivity contribution in [3.8, 4) is 23.0 Å². The zero-order valence-corrected chi connectivity index (χ0v) is 20.4. The van der Waals surface area contributed by atoms with E-state index in [2.05, 4.69) is 31.3 Å². The lowest BCUT2D eigenvalue weighted by atomic mass is 10.2. The Kier molecular flexibility index (Phi) is 7.76. The zero-order valence-electron chi connectivity index (χ0n) is 20.4. The summed E-state index contributed by atoms with van der Waals surface area (Å²) in [6, 6.07) is 18.8. The average Bonchev–Trinajstić information content (AvgIpc) is 2.93. The van der Waals surface area contributed by atoms with Gasteiger partial charge in [-0.05, 0) is 24.3 Å². The highest BCUT2D eigenvalue weighted by molar-refractivity contribution is 5.99. The molecule has 0 unspecified atom stereocenters. The van der Waals surface area contributed by atoms with Crippen molar-refractivity contribution in [1.29, 1.82) is 0 Å². The van der Waals surface area contributed by atoms with Crippen LogP contribution in [0, 0.1) is 0 Å². The molecule has 10 heteroatoms. The molecule has 0 bridgehead atoms.